The highest BCUT2D eigenvalue weighted by Gasteiger charge is 2.71. The van der Waals surface area contributed by atoms with Gasteiger partial charge in [0.1, 0.15) is 0 Å². The first kappa shape index (κ1) is 13.5. The van der Waals surface area contributed by atoms with Crippen molar-refractivity contribution in [3.8, 4) is 0 Å². The van der Waals surface area contributed by atoms with Crippen LogP contribution >= 0.6 is 0 Å². The van der Waals surface area contributed by atoms with E-state index in [1.807, 2.05) is 19.9 Å². The minimum Gasteiger partial charge on any atom is -0.426 e. The maximum absolute atomic E-state index is 11.7. The fourth-order valence-corrected chi connectivity index (χ4v) is 4.21. The summed E-state index contributed by atoms with van der Waals surface area (Å²) in [6.07, 6.45) is 4.06. The Bertz CT molecular complexity index is 538. The van der Waals surface area contributed by atoms with Crippen molar-refractivity contribution >= 4 is 6.16 Å². The van der Waals surface area contributed by atoms with Gasteiger partial charge in [-0.15, -0.1) is 6.58 Å². The largest absolute Gasteiger partial charge is 0.509 e. The normalized spacial score (nSPS) is 37.2. The second kappa shape index (κ2) is 4.00. The smallest absolute Gasteiger partial charge is 0.426 e. The molecule has 3 atom stereocenters. The molecule has 3 rings (SSSR count). The zero-order valence-corrected chi connectivity index (χ0v) is 12.5. The summed E-state index contributed by atoms with van der Waals surface area (Å²) in [5.74, 6) is 0.0226. The summed E-state index contributed by atoms with van der Waals surface area (Å²) >= 11 is 0. The zero-order valence-electron chi connectivity index (χ0n) is 12.5. The average Bonchev–Trinajstić information content (AvgIpc) is 3.10. The molecule has 3 nitrogen and oxygen atoms in total. The second-order valence-electron chi connectivity index (χ2n) is 6.63. The molecule has 2 fully saturated rings. The Labute approximate surface area is 120 Å². The van der Waals surface area contributed by atoms with Gasteiger partial charge in [-0.25, -0.2) is 4.79 Å². The minimum absolute atomic E-state index is 0.0226. The summed E-state index contributed by atoms with van der Waals surface area (Å²) in [4.78, 5) is 11.7. The van der Waals surface area contributed by atoms with E-state index in [4.69, 9.17) is 9.47 Å². The predicted molar refractivity (Wildman–Crippen MR) is 77.2 cm³/mol. The van der Waals surface area contributed by atoms with E-state index in [1.54, 1.807) is 0 Å². The van der Waals surface area contributed by atoms with Crippen LogP contribution in [0.15, 0.2) is 36.0 Å². The molecule has 0 aromatic rings. The molecule has 0 radical (unpaired) electrons. The molecule has 0 aromatic carbocycles. The molecule has 1 heterocycles. The van der Waals surface area contributed by atoms with E-state index in [2.05, 4.69) is 20.1 Å². The summed E-state index contributed by atoms with van der Waals surface area (Å²) in [5, 5.41) is 0. The van der Waals surface area contributed by atoms with E-state index >= 15 is 0 Å². The van der Waals surface area contributed by atoms with Crippen LogP contribution in [0.1, 0.15) is 40.0 Å². The van der Waals surface area contributed by atoms with Gasteiger partial charge in [-0.3, -0.25) is 0 Å². The number of carbonyl (C=O) groups excluding carboxylic acids is 1. The summed E-state index contributed by atoms with van der Waals surface area (Å²) in [7, 11) is 0. The Balaban J connectivity index is 2.14. The number of carbonyl (C=O) groups is 1. The van der Waals surface area contributed by atoms with Crippen LogP contribution < -0.4 is 0 Å². The predicted octanol–water partition coefficient (Wildman–Crippen LogP) is 4.16. The second-order valence-corrected chi connectivity index (χ2v) is 6.63. The third-order valence-electron chi connectivity index (χ3n) is 5.44. The van der Waals surface area contributed by atoms with Crippen molar-refractivity contribution in [3.63, 3.8) is 0 Å². The first-order valence-corrected chi connectivity index (χ1v) is 7.22. The lowest BCUT2D eigenvalue weighted by Gasteiger charge is -2.45. The summed E-state index contributed by atoms with van der Waals surface area (Å²) in [6.45, 7) is 14.2. The third-order valence-corrected chi connectivity index (χ3v) is 5.44. The molecule has 0 unspecified atom stereocenters. The third kappa shape index (κ3) is 1.49. The Hall–Kier alpha value is -1.51. The number of hydrogen-bond acceptors (Lipinski definition) is 3. The van der Waals surface area contributed by atoms with E-state index in [0.29, 0.717) is 0 Å². The van der Waals surface area contributed by atoms with Gasteiger partial charge in [0.05, 0.1) is 0 Å². The quantitative estimate of drug-likeness (QED) is 0.572. The van der Waals surface area contributed by atoms with Gasteiger partial charge in [0.2, 0.25) is 0 Å². The Morgan fingerprint density at radius 1 is 1.50 bits per heavy atom. The van der Waals surface area contributed by atoms with Gasteiger partial charge in [-0.2, -0.15) is 0 Å². The van der Waals surface area contributed by atoms with Crippen molar-refractivity contribution in [2.24, 2.45) is 11.3 Å². The van der Waals surface area contributed by atoms with Crippen LogP contribution in [0.25, 0.3) is 0 Å². The van der Waals surface area contributed by atoms with Crippen LogP contribution in [0, 0.1) is 11.3 Å². The van der Waals surface area contributed by atoms with Gasteiger partial charge in [-0.1, -0.05) is 29.4 Å². The molecule has 108 valence electrons. The first-order valence-electron chi connectivity index (χ1n) is 7.22. The molecule has 1 saturated carbocycles. The summed E-state index contributed by atoms with van der Waals surface area (Å²) < 4.78 is 11.1. The van der Waals surface area contributed by atoms with E-state index in [-0.39, 0.29) is 17.4 Å². The van der Waals surface area contributed by atoms with Gasteiger partial charge < -0.3 is 9.47 Å². The molecule has 0 bridgehead atoms. The van der Waals surface area contributed by atoms with Gasteiger partial charge >= 0.3 is 6.16 Å². The van der Waals surface area contributed by atoms with Crippen molar-refractivity contribution < 1.29 is 14.3 Å². The molecular weight excluding hydrogens is 252 g/mol. The first-order chi connectivity index (χ1) is 9.35. The Morgan fingerprint density at radius 3 is 2.65 bits per heavy atom. The SMILES string of the molecule is C=C[C@H]1C(CC(=C)C)=C(C)C2(CC2)[C@@]2(C)OC(=O)O[C@@H]12. The fourth-order valence-electron chi connectivity index (χ4n) is 4.21. The molecule has 0 amide bonds. The number of ether oxygens (including phenoxy) is 2. The van der Waals surface area contributed by atoms with Crippen LogP contribution in [-0.2, 0) is 9.47 Å². The molecule has 1 spiro atoms. The zero-order chi connectivity index (χ0) is 14.7. The molecular formula is C17H22O3. The van der Waals surface area contributed by atoms with Crippen LogP contribution in [0.3, 0.4) is 0 Å². The maximum atomic E-state index is 11.7. The Kier molecular flexibility index (Phi) is 2.69. The van der Waals surface area contributed by atoms with Crippen LogP contribution in [0.2, 0.25) is 0 Å². The van der Waals surface area contributed by atoms with Crippen molar-refractivity contribution in [2.45, 2.75) is 51.7 Å². The minimum atomic E-state index is -0.550. The van der Waals surface area contributed by atoms with Gasteiger partial charge in [0.15, 0.2) is 11.7 Å². The van der Waals surface area contributed by atoms with Crippen molar-refractivity contribution in [3.05, 3.63) is 36.0 Å². The highest BCUT2D eigenvalue weighted by molar-refractivity contribution is 5.66. The summed E-state index contributed by atoms with van der Waals surface area (Å²) in [6, 6.07) is 0. The number of allylic oxidation sites excluding steroid dienone is 1. The highest BCUT2D eigenvalue weighted by atomic mass is 16.8. The lowest BCUT2D eigenvalue weighted by Crippen LogP contribution is -2.53. The lowest BCUT2D eigenvalue weighted by atomic mass is 9.63. The lowest BCUT2D eigenvalue weighted by molar-refractivity contribution is -0.0289. The van der Waals surface area contributed by atoms with Crippen molar-refractivity contribution in [1.82, 2.24) is 0 Å². The van der Waals surface area contributed by atoms with E-state index < -0.39 is 11.8 Å². The van der Waals surface area contributed by atoms with Gasteiger partial charge in [0.25, 0.3) is 0 Å². The molecule has 0 N–H and O–H groups in total. The number of rotatable bonds is 3. The Morgan fingerprint density at radius 2 is 2.15 bits per heavy atom. The molecule has 3 aliphatic rings. The highest BCUT2D eigenvalue weighted by Crippen LogP contribution is 2.68. The molecule has 2 aliphatic carbocycles. The topological polar surface area (TPSA) is 35.5 Å². The van der Waals surface area contributed by atoms with E-state index in [1.165, 1.54) is 11.1 Å². The molecule has 3 heteroatoms. The van der Waals surface area contributed by atoms with Gasteiger partial charge in [-0.05, 0) is 40.0 Å². The van der Waals surface area contributed by atoms with Crippen LogP contribution in [-0.4, -0.2) is 17.9 Å². The standard InChI is InChI=1S/C17H22O3/c1-6-12-13(9-10(2)3)11(4)17(7-8-17)16(5)14(12)19-15(18)20-16/h6,12,14H,1-2,7-9H2,3-5H3/t12-,14-,16-/m0/s1. The number of hydrogen-bond donors (Lipinski definition) is 0. The van der Waals surface area contributed by atoms with E-state index in [0.717, 1.165) is 24.8 Å². The molecule has 0 aromatic heterocycles. The molecule has 1 saturated heterocycles. The van der Waals surface area contributed by atoms with Crippen molar-refractivity contribution in [2.75, 3.05) is 0 Å². The van der Waals surface area contributed by atoms with Gasteiger partial charge in [0, 0.05) is 11.3 Å². The summed E-state index contributed by atoms with van der Waals surface area (Å²) in [5.41, 5.74) is 3.20. The molecule has 20 heavy (non-hydrogen) atoms. The van der Waals surface area contributed by atoms with Crippen LogP contribution in [0.5, 0.6) is 0 Å². The fraction of sp³-hybridized carbons (Fsp3) is 0.588. The molecule has 1 aliphatic heterocycles. The van der Waals surface area contributed by atoms with Crippen molar-refractivity contribution in [1.29, 1.82) is 0 Å². The van der Waals surface area contributed by atoms with Crippen LogP contribution in [0.4, 0.5) is 4.79 Å². The average molecular weight is 274 g/mol. The monoisotopic (exact) mass is 274 g/mol. The van der Waals surface area contributed by atoms with E-state index in [9.17, 15) is 4.79 Å². The number of fused-ring (bicyclic) bond motifs is 2. The maximum Gasteiger partial charge on any atom is 0.509 e.